The molecule has 0 aliphatic heterocycles. The van der Waals surface area contributed by atoms with E-state index in [0.29, 0.717) is 0 Å². The zero-order valence-electron chi connectivity index (χ0n) is 7.46. The fraction of sp³-hybridized carbons (Fsp3) is 0.375. The van der Waals surface area contributed by atoms with E-state index in [9.17, 15) is 13.2 Å². The van der Waals surface area contributed by atoms with Gasteiger partial charge in [-0.3, -0.25) is 4.98 Å². The molecule has 3 nitrogen and oxygen atoms in total. The molecule has 0 saturated heterocycles. The van der Waals surface area contributed by atoms with E-state index in [-0.39, 0.29) is 10.8 Å². The summed E-state index contributed by atoms with van der Waals surface area (Å²) in [5.74, 6) is -0.0599. The number of hydrogen-bond acceptors (Lipinski definition) is 3. The molecule has 0 aliphatic carbocycles. The molecule has 0 amide bonds. The molecule has 0 bridgehead atoms. The van der Waals surface area contributed by atoms with E-state index in [4.69, 9.17) is 17.3 Å². The molecule has 84 valence electrons. The van der Waals surface area contributed by atoms with E-state index in [2.05, 4.69) is 9.72 Å². The minimum atomic E-state index is -4.50. The first-order valence-electron chi connectivity index (χ1n) is 3.97. The number of ether oxygens (including phenoxy) is 1. The summed E-state index contributed by atoms with van der Waals surface area (Å²) in [5.41, 5.74) is 4.95. The fourth-order valence-corrected chi connectivity index (χ4v) is 1.03. The van der Waals surface area contributed by atoms with Crippen LogP contribution in [0.25, 0.3) is 0 Å². The molecule has 0 aromatic carbocycles. The summed E-state index contributed by atoms with van der Waals surface area (Å²) < 4.78 is 41.4. The van der Waals surface area contributed by atoms with Crippen LogP contribution >= 0.6 is 11.6 Å². The largest absolute Gasteiger partial charge is 0.478 e. The van der Waals surface area contributed by atoms with Gasteiger partial charge in [0.25, 0.3) is 0 Å². The van der Waals surface area contributed by atoms with Crippen LogP contribution in [0.15, 0.2) is 18.5 Å². The smallest absolute Gasteiger partial charge is 0.426 e. The monoisotopic (exact) mass is 240 g/mol. The van der Waals surface area contributed by atoms with Gasteiger partial charge >= 0.3 is 6.18 Å². The number of alkyl halides is 3. The molecule has 1 aromatic rings. The summed E-state index contributed by atoms with van der Waals surface area (Å²) in [7, 11) is 0. The molecular weight excluding hydrogens is 233 g/mol. The molecule has 1 rings (SSSR count). The molecule has 0 spiro atoms. The van der Waals surface area contributed by atoms with Crippen molar-refractivity contribution in [3.63, 3.8) is 0 Å². The SMILES string of the molecule is NCC(Oc1cncc(Cl)c1)C(F)(F)F. The van der Waals surface area contributed by atoms with Gasteiger partial charge in [-0.2, -0.15) is 13.2 Å². The van der Waals surface area contributed by atoms with Crippen LogP contribution in [0, 0.1) is 0 Å². The Kier molecular flexibility index (Phi) is 3.76. The average Bonchev–Trinajstić information content (AvgIpc) is 2.12. The first-order chi connectivity index (χ1) is 6.93. The number of pyridine rings is 1. The minimum absolute atomic E-state index is 0.0599. The molecule has 2 N–H and O–H groups in total. The molecule has 15 heavy (non-hydrogen) atoms. The molecule has 0 aliphatic rings. The van der Waals surface area contributed by atoms with Crippen molar-refractivity contribution < 1.29 is 17.9 Å². The lowest BCUT2D eigenvalue weighted by Crippen LogP contribution is -2.40. The Balaban J connectivity index is 2.76. The van der Waals surface area contributed by atoms with Crippen molar-refractivity contribution in [3.8, 4) is 5.75 Å². The summed E-state index contributed by atoms with van der Waals surface area (Å²) >= 11 is 5.53. The highest BCUT2D eigenvalue weighted by Crippen LogP contribution is 2.25. The van der Waals surface area contributed by atoms with Crippen molar-refractivity contribution in [2.45, 2.75) is 12.3 Å². The van der Waals surface area contributed by atoms with Gasteiger partial charge in [-0.1, -0.05) is 11.6 Å². The number of halogens is 4. The summed E-state index contributed by atoms with van der Waals surface area (Å²) in [6.07, 6.45) is -4.12. The third-order valence-corrected chi connectivity index (χ3v) is 1.74. The number of hydrogen-bond donors (Lipinski definition) is 1. The maximum Gasteiger partial charge on any atom is 0.426 e. The number of rotatable bonds is 3. The van der Waals surface area contributed by atoms with Crippen LogP contribution in [0.5, 0.6) is 5.75 Å². The maximum absolute atomic E-state index is 12.2. The summed E-state index contributed by atoms with van der Waals surface area (Å²) in [4.78, 5) is 3.59. The Morgan fingerprint density at radius 3 is 2.60 bits per heavy atom. The van der Waals surface area contributed by atoms with E-state index in [0.717, 1.165) is 6.20 Å². The summed E-state index contributed by atoms with van der Waals surface area (Å²) in [5, 5.41) is 0.199. The van der Waals surface area contributed by atoms with Crippen molar-refractivity contribution in [3.05, 3.63) is 23.5 Å². The second-order valence-corrected chi connectivity index (χ2v) is 3.16. The highest BCUT2D eigenvalue weighted by molar-refractivity contribution is 6.30. The van der Waals surface area contributed by atoms with Crippen LogP contribution in [0.1, 0.15) is 0 Å². The molecule has 0 fully saturated rings. The fourth-order valence-electron chi connectivity index (χ4n) is 0.870. The standard InChI is InChI=1S/C8H8ClF3N2O/c9-5-1-6(4-14-3-5)15-7(2-13)8(10,11)12/h1,3-4,7H,2,13H2. The second-order valence-electron chi connectivity index (χ2n) is 2.72. The van der Waals surface area contributed by atoms with E-state index < -0.39 is 18.8 Å². The van der Waals surface area contributed by atoms with E-state index >= 15 is 0 Å². The van der Waals surface area contributed by atoms with Crippen molar-refractivity contribution in [1.29, 1.82) is 0 Å². The first kappa shape index (κ1) is 12.1. The Hall–Kier alpha value is -1.01. The zero-order chi connectivity index (χ0) is 11.5. The second kappa shape index (κ2) is 4.67. The van der Waals surface area contributed by atoms with Gasteiger partial charge in [-0.05, 0) is 0 Å². The molecule has 0 radical (unpaired) electrons. The number of aromatic nitrogens is 1. The first-order valence-corrected chi connectivity index (χ1v) is 4.35. The van der Waals surface area contributed by atoms with Gasteiger partial charge in [-0.15, -0.1) is 0 Å². The van der Waals surface area contributed by atoms with Gasteiger partial charge in [0, 0.05) is 18.8 Å². The normalized spacial score (nSPS) is 13.7. The quantitative estimate of drug-likeness (QED) is 0.879. The number of nitrogens with zero attached hydrogens (tertiary/aromatic N) is 1. The topological polar surface area (TPSA) is 48.1 Å². The highest BCUT2D eigenvalue weighted by atomic mass is 35.5. The predicted molar refractivity (Wildman–Crippen MR) is 48.8 cm³/mol. The van der Waals surface area contributed by atoms with Gasteiger partial charge in [0.2, 0.25) is 6.10 Å². The van der Waals surface area contributed by atoms with Gasteiger partial charge < -0.3 is 10.5 Å². The highest BCUT2D eigenvalue weighted by Gasteiger charge is 2.40. The van der Waals surface area contributed by atoms with Crippen molar-refractivity contribution in [2.24, 2.45) is 5.73 Å². The van der Waals surface area contributed by atoms with Crippen LogP contribution < -0.4 is 10.5 Å². The van der Waals surface area contributed by atoms with E-state index in [1.165, 1.54) is 12.3 Å². The summed E-state index contributed by atoms with van der Waals surface area (Å²) in [6, 6.07) is 1.24. The van der Waals surface area contributed by atoms with Crippen LogP contribution in [-0.2, 0) is 0 Å². The number of nitrogens with two attached hydrogens (primary N) is 1. The molecule has 1 unspecified atom stereocenters. The lowest BCUT2D eigenvalue weighted by atomic mass is 10.3. The van der Waals surface area contributed by atoms with Gasteiger partial charge in [0.05, 0.1) is 11.2 Å². The van der Waals surface area contributed by atoms with Crippen molar-refractivity contribution in [2.75, 3.05) is 6.54 Å². The molecule has 1 aromatic heterocycles. The maximum atomic E-state index is 12.2. The Morgan fingerprint density at radius 1 is 1.47 bits per heavy atom. The summed E-state index contributed by atoms with van der Waals surface area (Å²) in [6.45, 7) is -0.657. The van der Waals surface area contributed by atoms with Crippen molar-refractivity contribution in [1.82, 2.24) is 4.98 Å². The average molecular weight is 241 g/mol. The lowest BCUT2D eigenvalue weighted by molar-refractivity contribution is -0.191. The van der Waals surface area contributed by atoms with Crippen LogP contribution in [0.4, 0.5) is 13.2 Å². The lowest BCUT2D eigenvalue weighted by Gasteiger charge is -2.19. The van der Waals surface area contributed by atoms with Crippen LogP contribution in [-0.4, -0.2) is 23.8 Å². The molecular formula is C8H8ClF3N2O. The Bertz CT molecular complexity index is 332. The minimum Gasteiger partial charge on any atom is -0.478 e. The molecule has 0 saturated carbocycles. The molecule has 7 heteroatoms. The third kappa shape index (κ3) is 3.56. The van der Waals surface area contributed by atoms with Gasteiger partial charge in [0.15, 0.2) is 0 Å². The van der Waals surface area contributed by atoms with Gasteiger partial charge in [0.1, 0.15) is 5.75 Å². The van der Waals surface area contributed by atoms with Crippen LogP contribution in [0.2, 0.25) is 5.02 Å². The third-order valence-electron chi connectivity index (χ3n) is 1.54. The molecule has 1 heterocycles. The van der Waals surface area contributed by atoms with E-state index in [1.807, 2.05) is 0 Å². The Labute approximate surface area is 89.0 Å². The van der Waals surface area contributed by atoms with Crippen molar-refractivity contribution >= 4 is 11.6 Å². The van der Waals surface area contributed by atoms with E-state index in [1.54, 1.807) is 0 Å². The predicted octanol–water partition coefficient (Wildman–Crippen LogP) is 2.00. The van der Waals surface area contributed by atoms with Crippen LogP contribution in [0.3, 0.4) is 0 Å². The zero-order valence-corrected chi connectivity index (χ0v) is 8.22. The van der Waals surface area contributed by atoms with Gasteiger partial charge in [-0.25, -0.2) is 0 Å². The Morgan fingerprint density at radius 2 is 2.13 bits per heavy atom. The molecule has 1 atom stereocenters.